The lowest BCUT2D eigenvalue weighted by molar-refractivity contribution is -0.123. The maximum atomic E-state index is 12.5. The van der Waals surface area contributed by atoms with Crippen LogP contribution in [0.2, 0.25) is 0 Å². The number of methoxy groups -OCH3 is 1. The van der Waals surface area contributed by atoms with E-state index in [1.165, 1.54) is 12.8 Å². The summed E-state index contributed by atoms with van der Waals surface area (Å²) in [6.45, 7) is 7.07. The third kappa shape index (κ3) is 6.02. The van der Waals surface area contributed by atoms with Crippen molar-refractivity contribution in [3.8, 4) is 0 Å². The molecule has 2 heterocycles. The Labute approximate surface area is 166 Å². The van der Waals surface area contributed by atoms with Gasteiger partial charge in [0.2, 0.25) is 11.8 Å². The third-order valence-electron chi connectivity index (χ3n) is 5.46. The molecule has 2 aliphatic rings. The SMILES string of the molecule is COCCNC(=O)CN1CCN(CC(=O)Nc2ccnn2C(C)C2CC2)CC1. The number of piperazine rings is 1. The van der Waals surface area contributed by atoms with Gasteiger partial charge in [-0.25, -0.2) is 4.68 Å². The number of carbonyl (C=O) groups is 2. The number of hydrogen-bond acceptors (Lipinski definition) is 6. The zero-order valence-corrected chi connectivity index (χ0v) is 16.9. The van der Waals surface area contributed by atoms with Gasteiger partial charge in [-0.2, -0.15) is 5.10 Å². The van der Waals surface area contributed by atoms with Crippen LogP contribution in [0.25, 0.3) is 0 Å². The first-order valence-corrected chi connectivity index (χ1v) is 10.1. The lowest BCUT2D eigenvalue weighted by Gasteiger charge is -2.33. The zero-order chi connectivity index (χ0) is 19.9. The highest BCUT2D eigenvalue weighted by atomic mass is 16.5. The number of anilines is 1. The fourth-order valence-corrected chi connectivity index (χ4v) is 3.56. The van der Waals surface area contributed by atoms with Crippen molar-refractivity contribution >= 4 is 17.6 Å². The number of aromatic nitrogens is 2. The Morgan fingerprint density at radius 3 is 2.43 bits per heavy atom. The van der Waals surface area contributed by atoms with Crippen LogP contribution in [-0.4, -0.2) is 90.9 Å². The standard InChI is InChI=1S/C19H32N6O3/c1-15(16-3-4-16)25-17(5-6-21-25)22-19(27)14-24-10-8-23(9-11-24)13-18(26)20-7-12-28-2/h5-6,15-16H,3-4,7-14H2,1-2H3,(H,20,26)(H,22,27). The van der Waals surface area contributed by atoms with E-state index in [0.717, 1.165) is 32.0 Å². The highest BCUT2D eigenvalue weighted by molar-refractivity contribution is 5.91. The van der Waals surface area contributed by atoms with Crippen molar-refractivity contribution in [3.05, 3.63) is 12.3 Å². The smallest absolute Gasteiger partial charge is 0.239 e. The van der Waals surface area contributed by atoms with Gasteiger partial charge in [-0.05, 0) is 25.7 Å². The van der Waals surface area contributed by atoms with Gasteiger partial charge in [0.25, 0.3) is 0 Å². The highest BCUT2D eigenvalue weighted by Gasteiger charge is 2.31. The highest BCUT2D eigenvalue weighted by Crippen LogP contribution is 2.40. The molecule has 1 aliphatic carbocycles. The van der Waals surface area contributed by atoms with Gasteiger partial charge in [0, 0.05) is 45.9 Å². The summed E-state index contributed by atoms with van der Waals surface area (Å²) in [6.07, 6.45) is 4.22. The predicted octanol–water partition coefficient (Wildman–Crippen LogP) is 0.173. The van der Waals surface area contributed by atoms with E-state index in [-0.39, 0.29) is 11.8 Å². The molecule has 9 heteroatoms. The van der Waals surface area contributed by atoms with Crippen molar-refractivity contribution < 1.29 is 14.3 Å². The Hall–Kier alpha value is -1.97. The van der Waals surface area contributed by atoms with Gasteiger partial charge in [-0.15, -0.1) is 0 Å². The summed E-state index contributed by atoms with van der Waals surface area (Å²) in [7, 11) is 1.61. The summed E-state index contributed by atoms with van der Waals surface area (Å²) in [5.74, 6) is 1.45. The molecule has 2 fully saturated rings. The topological polar surface area (TPSA) is 91.7 Å². The molecule has 9 nitrogen and oxygen atoms in total. The van der Waals surface area contributed by atoms with Crippen LogP contribution in [0, 0.1) is 5.92 Å². The Bertz CT molecular complexity index is 652. The Morgan fingerprint density at radius 1 is 1.18 bits per heavy atom. The summed E-state index contributed by atoms with van der Waals surface area (Å²) in [4.78, 5) is 28.6. The quantitative estimate of drug-likeness (QED) is 0.552. The number of rotatable bonds is 10. The first-order chi connectivity index (χ1) is 13.6. The van der Waals surface area contributed by atoms with Crippen LogP contribution in [0.1, 0.15) is 25.8 Å². The van der Waals surface area contributed by atoms with Crippen LogP contribution in [0.3, 0.4) is 0 Å². The fraction of sp³-hybridized carbons (Fsp3) is 0.737. The van der Waals surface area contributed by atoms with Crippen LogP contribution in [-0.2, 0) is 14.3 Å². The van der Waals surface area contributed by atoms with Crippen LogP contribution < -0.4 is 10.6 Å². The van der Waals surface area contributed by atoms with Crippen molar-refractivity contribution in [3.63, 3.8) is 0 Å². The summed E-state index contributed by atoms with van der Waals surface area (Å²) in [6, 6.07) is 2.18. The normalized spacial score (nSPS) is 19.4. The molecule has 28 heavy (non-hydrogen) atoms. The monoisotopic (exact) mass is 392 g/mol. The molecule has 1 aliphatic heterocycles. The van der Waals surface area contributed by atoms with Crippen LogP contribution in [0.15, 0.2) is 12.3 Å². The van der Waals surface area contributed by atoms with Gasteiger partial charge in [-0.1, -0.05) is 0 Å². The molecule has 156 valence electrons. The average molecular weight is 393 g/mol. The van der Waals surface area contributed by atoms with E-state index in [4.69, 9.17) is 4.74 Å². The molecule has 1 saturated carbocycles. The third-order valence-corrected chi connectivity index (χ3v) is 5.46. The Morgan fingerprint density at radius 2 is 1.82 bits per heavy atom. The second-order valence-electron chi connectivity index (χ2n) is 7.68. The number of amides is 2. The predicted molar refractivity (Wildman–Crippen MR) is 106 cm³/mol. The summed E-state index contributed by atoms with van der Waals surface area (Å²) in [5.41, 5.74) is 0. The first-order valence-electron chi connectivity index (χ1n) is 10.1. The maximum absolute atomic E-state index is 12.5. The fourth-order valence-electron chi connectivity index (χ4n) is 3.56. The Balaban J connectivity index is 1.37. The van der Waals surface area contributed by atoms with E-state index in [1.807, 2.05) is 10.7 Å². The van der Waals surface area contributed by atoms with Crippen LogP contribution >= 0.6 is 0 Å². The molecule has 2 N–H and O–H groups in total. The minimum Gasteiger partial charge on any atom is -0.383 e. The van der Waals surface area contributed by atoms with Crippen molar-refractivity contribution in [2.75, 3.05) is 64.8 Å². The molecule has 1 atom stereocenters. The maximum Gasteiger partial charge on any atom is 0.239 e. The second-order valence-corrected chi connectivity index (χ2v) is 7.68. The van der Waals surface area contributed by atoms with E-state index >= 15 is 0 Å². The van der Waals surface area contributed by atoms with Crippen molar-refractivity contribution in [1.29, 1.82) is 0 Å². The number of nitrogens with zero attached hydrogens (tertiary/aromatic N) is 4. The summed E-state index contributed by atoms with van der Waals surface area (Å²) in [5, 5.41) is 10.2. The van der Waals surface area contributed by atoms with E-state index in [9.17, 15) is 9.59 Å². The largest absolute Gasteiger partial charge is 0.383 e. The molecular formula is C19H32N6O3. The minimum atomic E-state index is -0.0181. The molecular weight excluding hydrogens is 360 g/mol. The van der Waals surface area contributed by atoms with Crippen molar-refractivity contribution in [1.82, 2.24) is 24.9 Å². The second kappa shape index (κ2) is 9.99. The van der Waals surface area contributed by atoms with Gasteiger partial charge in [0.15, 0.2) is 0 Å². The first kappa shape index (κ1) is 20.8. The van der Waals surface area contributed by atoms with Crippen LogP contribution in [0.5, 0.6) is 0 Å². The zero-order valence-electron chi connectivity index (χ0n) is 16.9. The lowest BCUT2D eigenvalue weighted by Crippen LogP contribution is -2.51. The van der Waals surface area contributed by atoms with Crippen molar-refractivity contribution in [2.45, 2.75) is 25.8 Å². The molecule has 3 rings (SSSR count). The number of ether oxygens (including phenoxy) is 1. The molecule has 0 radical (unpaired) electrons. The van der Waals surface area contributed by atoms with E-state index in [0.29, 0.717) is 38.2 Å². The number of hydrogen-bond donors (Lipinski definition) is 2. The van der Waals surface area contributed by atoms with Gasteiger partial charge < -0.3 is 15.4 Å². The van der Waals surface area contributed by atoms with Crippen molar-refractivity contribution in [2.24, 2.45) is 5.92 Å². The summed E-state index contributed by atoms with van der Waals surface area (Å²) < 4.78 is 6.85. The molecule has 1 unspecified atom stereocenters. The number of carbonyl (C=O) groups excluding carboxylic acids is 2. The molecule has 1 aromatic rings. The molecule has 1 aromatic heterocycles. The van der Waals surface area contributed by atoms with E-state index < -0.39 is 0 Å². The van der Waals surface area contributed by atoms with Gasteiger partial charge in [-0.3, -0.25) is 19.4 Å². The van der Waals surface area contributed by atoms with Crippen LogP contribution in [0.4, 0.5) is 5.82 Å². The van der Waals surface area contributed by atoms with E-state index in [2.05, 4.69) is 32.5 Å². The molecule has 0 bridgehead atoms. The minimum absolute atomic E-state index is 0.0151. The van der Waals surface area contributed by atoms with Gasteiger partial charge in [0.1, 0.15) is 5.82 Å². The molecule has 0 aromatic carbocycles. The Kier molecular flexibility index (Phi) is 7.41. The van der Waals surface area contributed by atoms with Gasteiger partial charge >= 0.3 is 0 Å². The molecule has 2 amide bonds. The van der Waals surface area contributed by atoms with E-state index in [1.54, 1.807) is 13.3 Å². The molecule has 0 spiro atoms. The average Bonchev–Trinajstić information content (AvgIpc) is 3.43. The molecule has 1 saturated heterocycles. The van der Waals surface area contributed by atoms with Gasteiger partial charge in [0.05, 0.1) is 31.9 Å². The number of nitrogens with one attached hydrogen (secondary N) is 2. The summed E-state index contributed by atoms with van der Waals surface area (Å²) >= 11 is 0. The lowest BCUT2D eigenvalue weighted by atomic mass is 10.2.